The number of carbonyl (C=O) groups is 2. The number of anilines is 1. The molecular formula is C24H31N3O5S. The Balaban J connectivity index is 1.51. The van der Waals surface area contributed by atoms with Crippen LogP contribution in [0.5, 0.6) is 5.75 Å². The Kier molecular flexibility index (Phi) is 8.46. The molecule has 0 heterocycles. The van der Waals surface area contributed by atoms with E-state index in [-0.39, 0.29) is 36.2 Å². The molecule has 1 aliphatic rings. The van der Waals surface area contributed by atoms with E-state index < -0.39 is 10.0 Å². The summed E-state index contributed by atoms with van der Waals surface area (Å²) in [5.74, 6) is -0.0260. The minimum absolute atomic E-state index is 0.0355. The third-order valence-electron chi connectivity index (χ3n) is 5.68. The topological polar surface area (TPSA) is 105 Å². The average molecular weight is 474 g/mol. The van der Waals surface area contributed by atoms with E-state index in [4.69, 9.17) is 4.74 Å². The van der Waals surface area contributed by atoms with Gasteiger partial charge in [-0.15, -0.1) is 0 Å². The van der Waals surface area contributed by atoms with Gasteiger partial charge in [0.1, 0.15) is 5.75 Å². The van der Waals surface area contributed by atoms with E-state index in [0.29, 0.717) is 18.0 Å². The molecule has 8 nitrogen and oxygen atoms in total. The summed E-state index contributed by atoms with van der Waals surface area (Å²) in [6.07, 6.45) is 4.03. The first-order chi connectivity index (χ1) is 15.8. The van der Waals surface area contributed by atoms with Crippen molar-refractivity contribution in [3.8, 4) is 5.75 Å². The zero-order chi connectivity index (χ0) is 23.8. The van der Waals surface area contributed by atoms with Crippen molar-refractivity contribution in [2.24, 2.45) is 0 Å². The Labute approximate surface area is 195 Å². The third kappa shape index (κ3) is 6.79. The first-order valence-corrected chi connectivity index (χ1v) is 12.6. The molecule has 0 fully saturated rings. The number of ether oxygens (including phenoxy) is 1. The van der Waals surface area contributed by atoms with E-state index in [1.54, 1.807) is 43.3 Å². The number of amides is 2. The fraction of sp³-hybridized carbons (Fsp3) is 0.417. The molecule has 0 unspecified atom stereocenters. The third-order valence-corrected chi connectivity index (χ3v) is 7.14. The monoisotopic (exact) mass is 473 g/mol. The van der Waals surface area contributed by atoms with E-state index in [2.05, 4.69) is 10.0 Å². The SMILES string of the molecule is CCN(CC(=O)Nc1cccc(OC)c1)C(=O)CCNS(=O)(=O)c1ccc2c(c1)CCCC2. The van der Waals surface area contributed by atoms with Gasteiger partial charge in [-0.1, -0.05) is 12.1 Å². The fourth-order valence-corrected chi connectivity index (χ4v) is 4.94. The summed E-state index contributed by atoms with van der Waals surface area (Å²) in [6, 6.07) is 12.2. The summed E-state index contributed by atoms with van der Waals surface area (Å²) in [7, 11) is -2.16. The lowest BCUT2D eigenvalue weighted by molar-refractivity contribution is -0.134. The van der Waals surface area contributed by atoms with Gasteiger partial charge in [-0.3, -0.25) is 9.59 Å². The highest BCUT2D eigenvalue weighted by atomic mass is 32.2. The molecule has 0 atom stereocenters. The summed E-state index contributed by atoms with van der Waals surface area (Å²) >= 11 is 0. The summed E-state index contributed by atoms with van der Waals surface area (Å²) in [5.41, 5.74) is 2.86. The molecule has 0 aromatic heterocycles. The summed E-state index contributed by atoms with van der Waals surface area (Å²) in [6.45, 7) is 1.95. The van der Waals surface area contributed by atoms with Crippen LogP contribution in [0.2, 0.25) is 0 Å². The minimum Gasteiger partial charge on any atom is -0.497 e. The van der Waals surface area contributed by atoms with Crippen LogP contribution in [0, 0.1) is 0 Å². The van der Waals surface area contributed by atoms with Gasteiger partial charge in [0.15, 0.2) is 0 Å². The minimum atomic E-state index is -3.70. The zero-order valence-corrected chi connectivity index (χ0v) is 19.9. The summed E-state index contributed by atoms with van der Waals surface area (Å²) in [5, 5.41) is 2.74. The normalized spacial score (nSPS) is 13.2. The molecular weight excluding hydrogens is 442 g/mol. The van der Waals surface area contributed by atoms with Crippen LogP contribution in [0.15, 0.2) is 47.4 Å². The van der Waals surface area contributed by atoms with Crippen LogP contribution in [-0.4, -0.2) is 51.9 Å². The Morgan fingerprint density at radius 3 is 2.55 bits per heavy atom. The van der Waals surface area contributed by atoms with Crippen molar-refractivity contribution < 1.29 is 22.7 Å². The predicted octanol–water partition coefficient (Wildman–Crippen LogP) is 2.73. The van der Waals surface area contributed by atoms with E-state index in [0.717, 1.165) is 31.2 Å². The highest BCUT2D eigenvalue weighted by Gasteiger charge is 2.20. The molecule has 0 spiro atoms. The van der Waals surface area contributed by atoms with Gasteiger partial charge in [0, 0.05) is 31.3 Å². The van der Waals surface area contributed by atoms with Gasteiger partial charge >= 0.3 is 0 Å². The van der Waals surface area contributed by atoms with Crippen molar-refractivity contribution in [3.63, 3.8) is 0 Å². The van der Waals surface area contributed by atoms with Gasteiger partial charge in [-0.25, -0.2) is 13.1 Å². The highest BCUT2D eigenvalue weighted by molar-refractivity contribution is 7.89. The lowest BCUT2D eigenvalue weighted by atomic mass is 9.92. The Bertz CT molecular complexity index is 1100. The second-order valence-corrected chi connectivity index (χ2v) is 9.74. The van der Waals surface area contributed by atoms with Gasteiger partial charge in [-0.05, 0) is 68.0 Å². The number of benzene rings is 2. The fourth-order valence-electron chi connectivity index (χ4n) is 3.86. The van der Waals surface area contributed by atoms with Crippen molar-refractivity contribution in [2.45, 2.75) is 43.9 Å². The molecule has 0 aliphatic heterocycles. The van der Waals surface area contributed by atoms with E-state index in [9.17, 15) is 18.0 Å². The molecule has 0 saturated carbocycles. The first kappa shape index (κ1) is 24.7. The number of nitrogens with one attached hydrogen (secondary N) is 2. The van der Waals surface area contributed by atoms with Crippen molar-refractivity contribution in [3.05, 3.63) is 53.6 Å². The van der Waals surface area contributed by atoms with Crippen molar-refractivity contribution in [1.29, 1.82) is 0 Å². The zero-order valence-electron chi connectivity index (χ0n) is 19.1. The number of carbonyl (C=O) groups excluding carboxylic acids is 2. The average Bonchev–Trinajstić information content (AvgIpc) is 2.82. The molecule has 2 aromatic carbocycles. The van der Waals surface area contributed by atoms with Crippen molar-refractivity contribution in [1.82, 2.24) is 9.62 Å². The number of methoxy groups -OCH3 is 1. The number of fused-ring (bicyclic) bond motifs is 1. The molecule has 2 N–H and O–H groups in total. The maximum Gasteiger partial charge on any atom is 0.243 e. The van der Waals surface area contributed by atoms with Crippen LogP contribution in [-0.2, 0) is 32.5 Å². The van der Waals surface area contributed by atoms with Crippen LogP contribution in [0.3, 0.4) is 0 Å². The highest BCUT2D eigenvalue weighted by Crippen LogP contribution is 2.24. The molecule has 178 valence electrons. The number of likely N-dealkylation sites (N-methyl/N-ethyl adjacent to an activating group) is 1. The molecule has 2 aromatic rings. The van der Waals surface area contributed by atoms with Crippen LogP contribution in [0.1, 0.15) is 37.3 Å². The van der Waals surface area contributed by atoms with E-state index in [1.807, 2.05) is 6.07 Å². The standard InChI is InChI=1S/C24H31N3O5S/c1-3-27(17-23(28)26-20-9-6-10-21(16-20)32-2)24(29)13-14-25-33(30,31)22-12-11-18-7-4-5-8-19(18)15-22/h6,9-12,15-16,25H,3-5,7-8,13-14,17H2,1-2H3,(H,26,28). The molecule has 3 rings (SSSR count). The molecule has 9 heteroatoms. The van der Waals surface area contributed by atoms with E-state index in [1.165, 1.54) is 17.6 Å². The van der Waals surface area contributed by atoms with E-state index >= 15 is 0 Å². The maximum atomic E-state index is 12.7. The van der Waals surface area contributed by atoms with Gasteiger partial charge < -0.3 is 15.0 Å². The molecule has 0 saturated heterocycles. The van der Waals surface area contributed by atoms with Crippen LogP contribution in [0.4, 0.5) is 5.69 Å². The molecule has 0 bridgehead atoms. The maximum absolute atomic E-state index is 12.7. The van der Waals surface area contributed by atoms with Gasteiger partial charge in [0.2, 0.25) is 21.8 Å². The number of hydrogen-bond acceptors (Lipinski definition) is 5. The second kappa shape index (κ2) is 11.3. The smallest absolute Gasteiger partial charge is 0.243 e. The van der Waals surface area contributed by atoms with Crippen molar-refractivity contribution >= 4 is 27.5 Å². The largest absolute Gasteiger partial charge is 0.497 e. The van der Waals surface area contributed by atoms with Crippen LogP contribution < -0.4 is 14.8 Å². The quantitative estimate of drug-likeness (QED) is 0.552. The number of sulfonamides is 1. The van der Waals surface area contributed by atoms with Crippen LogP contribution >= 0.6 is 0 Å². The predicted molar refractivity (Wildman–Crippen MR) is 127 cm³/mol. The lowest BCUT2D eigenvalue weighted by Crippen LogP contribution is -2.39. The van der Waals surface area contributed by atoms with Crippen LogP contribution in [0.25, 0.3) is 0 Å². The first-order valence-electron chi connectivity index (χ1n) is 11.2. The molecule has 2 amide bonds. The molecule has 1 aliphatic carbocycles. The van der Waals surface area contributed by atoms with Gasteiger partial charge in [-0.2, -0.15) is 0 Å². The number of rotatable bonds is 10. The Hall–Kier alpha value is -2.91. The number of nitrogens with zero attached hydrogens (tertiary/aromatic N) is 1. The van der Waals surface area contributed by atoms with Crippen molar-refractivity contribution in [2.75, 3.05) is 32.1 Å². The Morgan fingerprint density at radius 1 is 1.06 bits per heavy atom. The second-order valence-electron chi connectivity index (χ2n) is 7.97. The van der Waals surface area contributed by atoms with Gasteiger partial charge in [0.25, 0.3) is 0 Å². The summed E-state index contributed by atoms with van der Waals surface area (Å²) < 4.78 is 33.0. The Morgan fingerprint density at radius 2 is 1.82 bits per heavy atom. The summed E-state index contributed by atoms with van der Waals surface area (Å²) in [4.78, 5) is 26.5. The number of aryl methyl sites for hydroxylation is 2. The molecule has 33 heavy (non-hydrogen) atoms. The lowest BCUT2D eigenvalue weighted by Gasteiger charge is -2.21. The van der Waals surface area contributed by atoms with Gasteiger partial charge in [0.05, 0.1) is 18.6 Å². The molecule has 0 radical (unpaired) electrons. The number of hydrogen-bond donors (Lipinski definition) is 2.